The average molecular weight is 344 g/mol. The van der Waals surface area contributed by atoms with Crippen LogP contribution in [0.25, 0.3) is 0 Å². The van der Waals surface area contributed by atoms with Crippen LogP contribution in [0.5, 0.6) is 0 Å². The molecule has 1 rings (SSSR count). The summed E-state index contributed by atoms with van der Waals surface area (Å²) in [5.41, 5.74) is 0. The van der Waals surface area contributed by atoms with Gasteiger partial charge in [0, 0.05) is 6.61 Å². The summed E-state index contributed by atoms with van der Waals surface area (Å²) in [4.78, 5) is 0. The molecule has 1 heterocycles. The molecule has 0 amide bonds. The summed E-state index contributed by atoms with van der Waals surface area (Å²) in [6, 6.07) is 0. The Morgan fingerprint density at radius 2 is 1.75 bits per heavy atom. The largest absolute Gasteiger partial charge is 0.394 e. The van der Waals surface area contributed by atoms with Crippen molar-refractivity contribution in [1.29, 1.82) is 0 Å². The number of aliphatic hydroxyl groups is 3. The van der Waals surface area contributed by atoms with E-state index in [-0.39, 0.29) is 6.61 Å². The van der Waals surface area contributed by atoms with Crippen LogP contribution in [-0.2, 0) is 9.47 Å². The lowest BCUT2D eigenvalue weighted by atomic mass is 10.1. The molecule has 0 aromatic heterocycles. The topological polar surface area (TPSA) is 79.2 Å². The van der Waals surface area contributed by atoms with Gasteiger partial charge in [-0.25, -0.2) is 0 Å². The van der Waals surface area contributed by atoms with Crippen LogP contribution in [0.1, 0.15) is 64.7 Å². The van der Waals surface area contributed by atoms with E-state index >= 15 is 0 Å². The number of hydrogen-bond donors (Lipinski definition) is 3. The van der Waals surface area contributed by atoms with Gasteiger partial charge in [0.1, 0.15) is 24.4 Å². The normalized spacial score (nSPS) is 25.6. The summed E-state index contributed by atoms with van der Waals surface area (Å²) in [5.74, 6) is 0. The van der Waals surface area contributed by atoms with Crippen LogP contribution >= 0.6 is 0 Å². The van der Waals surface area contributed by atoms with Crippen LogP contribution in [0.4, 0.5) is 0 Å². The Kier molecular flexibility index (Phi) is 12.4. The third-order valence-electron chi connectivity index (χ3n) is 4.47. The molecule has 1 aliphatic heterocycles. The monoisotopic (exact) mass is 344 g/mol. The molecule has 1 saturated heterocycles. The minimum atomic E-state index is -1.05. The third-order valence-corrected chi connectivity index (χ3v) is 4.47. The van der Waals surface area contributed by atoms with E-state index in [2.05, 4.69) is 19.1 Å². The van der Waals surface area contributed by atoms with E-state index in [9.17, 15) is 10.2 Å². The van der Waals surface area contributed by atoms with Crippen molar-refractivity contribution in [2.75, 3.05) is 19.8 Å². The highest BCUT2D eigenvalue weighted by Crippen LogP contribution is 2.20. The lowest BCUT2D eigenvalue weighted by molar-refractivity contribution is -0.0730. The molecule has 0 aliphatic carbocycles. The van der Waals surface area contributed by atoms with Crippen LogP contribution in [0.2, 0.25) is 0 Å². The Bertz CT molecular complexity index is 321. The fourth-order valence-corrected chi connectivity index (χ4v) is 2.90. The van der Waals surface area contributed by atoms with Gasteiger partial charge in [-0.2, -0.15) is 0 Å². The Morgan fingerprint density at radius 1 is 1.08 bits per heavy atom. The van der Waals surface area contributed by atoms with Crippen molar-refractivity contribution in [3.63, 3.8) is 0 Å². The van der Waals surface area contributed by atoms with Gasteiger partial charge in [0.2, 0.25) is 0 Å². The molecule has 4 atom stereocenters. The molecule has 0 saturated carbocycles. The summed E-state index contributed by atoms with van der Waals surface area (Å²) in [5, 5.41) is 28.4. The number of ether oxygens (including phenoxy) is 2. The zero-order valence-corrected chi connectivity index (χ0v) is 15.1. The zero-order chi connectivity index (χ0) is 17.6. The first-order valence-electron chi connectivity index (χ1n) is 9.55. The second kappa shape index (κ2) is 13.8. The molecule has 0 aromatic rings. The quantitative estimate of drug-likeness (QED) is 0.333. The molecular formula is C19H36O5. The molecule has 0 spiro atoms. The lowest BCUT2D eigenvalue weighted by Crippen LogP contribution is -2.41. The van der Waals surface area contributed by atoms with E-state index in [1.54, 1.807) is 0 Å². The maximum Gasteiger partial charge on any atom is 0.114 e. The highest BCUT2D eigenvalue weighted by Gasteiger charge is 2.40. The maximum absolute atomic E-state index is 10.00. The van der Waals surface area contributed by atoms with Crippen molar-refractivity contribution in [3.05, 3.63) is 12.2 Å². The number of unbranched alkanes of at least 4 members (excludes halogenated alkanes) is 7. The van der Waals surface area contributed by atoms with Crippen molar-refractivity contribution >= 4 is 0 Å². The summed E-state index contributed by atoms with van der Waals surface area (Å²) >= 11 is 0. The number of hydrogen-bond acceptors (Lipinski definition) is 5. The Hall–Kier alpha value is -0.460. The van der Waals surface area contributed by atoms with Gasteiger partial charge < -0.3 is 24.8 Å². The van der Waals surface area contributed by atoms with Gasteiger partial charge in [0.15, 0.2) is 0 Å². The van der Waals surface area contributed by atoms with Crippen molar-refractivity contribution < 1.29 is 24.8 Å². The van der Waals surface area contributed by atoms with Crippen LogP contribution in [0, 0.1) is 0 Å². The minimum absolute atomic E-state index is 0.265. The third kappa shape index (κ3) is 8.58. The van der Waals surface area contributed by atoms with Crippen molar-refractivity contribution in [2.24, 2.45) is 0 Å². The van der Waals surface area contributed by atoms with Gasteiger partial charge in [-0.1, -0.05) is 44.8 Å². The minimum Gasteiger partial charge on any atom is -0.394 e. The Balaban J connectivity index is 1.95. The van der Waals surface area contributed by atoms with Gasteiger partial charge in [-0.15, -0.1) is 0 Å². The fourth-order valence-electron chi connectivity index (χ4n) is 2.90. The molecule has 142 valence electrons. The molecule has 5 nitrogen and oxygen atoms in total. The molecule has 3 N–H and O–H groups in total. The van der Waals surface area contributed by atoms with Gasteiger partial charge in [-0.05, 0) is 32.1 Å². The summed E-state index contributed by atoms with van der Waals surface area (Å²) < 4.78 is 10.9. The molecule has 0 bridgehead atoms. The molecule has 0 aromatic carbocycles. The molecule has 24 heavy (non-hydrogen) atoms. The van der Waals surface area contributed by atoms with Crippen molar-refractivity contribution in [1.82, 2.24) is 0 Å². The lowest BCUT2D eigenvalue weighted by Gasteiger charge is -2.20. The van der Waals surface area contributed by atoms with Gasteiger partial charge >= 0.3 is 0 Å². The van der Waals surface area contributed by atoms with E-state index in [1.165, 1.54) is 38.5 Å². The molecule has 1 fully saturated rings. The van der Waals surface area contributed by atoms with E-state index in [0.717, 1.165) is 19.3 Å². The predicted molar refractivity (Wildman–Crippen MR) is 94.9 cm³/mol. The van der Waals surface area contributed by atoms with Gasteiger partial charge in [0.05, 0.1) is 13.2 Å². The molecule has 5 heteroatoms. The zero-order valence-electron chi connectivity index (χ0n) is 15.1. The number of aliphatic hydroxyl groups excluding tert-OH is 3. The highest BCUT2D eigenvalue weighted by molar-refractivity contribution is 4.88. The molecule has 0 unspecified atom stereocenters. The molecule has 0 radical (unpaired) electrons. The van der Waals surface area contributed by atoms with Crippen LogP contribution in [0.15, 0.2) is 12.2 Å². The first-order chi connectivity index (χ1) is 11.7. The predicted octanol–water partition coefficient (Wildman–Crippen LogP) is 2.57. The second-order valence-corrected chi connectivity index (χ2v) is 6.62. The Labute approximate surface area is 146 Å². The SMILES string of the molecule is CCCCCCC/C=C/CCCCO[C@@H]1CO[C@H]([C@@H](O)CO)[C@@H]1O. The van der Waals surface area contributed by atoms with Crippen LogP contribution in [-0.4, -0.2) is 59.6 Å². The van der Waals surface area contributed by atoms with E-state index in [0.29, 0.717) is 6.61 Å². The first kappa shape index (κ1) is 21.6. The Morgan fingerprint density at radius 3 is 2.42 bits per heavy atom. The smallest absolute Gasteiger partial charge is 0.114 e. The summed E-state index contributed by atoms with van der Waals surface area (Å²) in [6.45, 7) is 2.67. The van der Waals surface area contributed by atoms with Crippen molar-refractivity contribution in [3.8, 4) is 0 Å². The summed E-state index contributed by atoms with van der Waals surface area (Å²) in [6.07, 6.45) is 12.3. The first-order valence-corrected chi connectivity index (χ1v) is 9.55. The fraction of sp³-hybridized carbons (Fsp3) is 0.895. The van der Waals surface area contributed by atoms with Gasteiger partial charge in [0.25, 0.3) is 0 Å². The van der Waals surface area contributed by atoms with E-state index < -0.39 is 31.0 Å². The van der Waals surface area contributed by atoms with Gasteiger partial charge in [-0.3, -0.25) is 0 Å². The molecule has 1 aliphatic rings. The maximum atomic E-state index is 10.00. The average Bonchev–Trinajstić information content (AvgIpc) is 2.96. The standard InChI is InChI=1S/C19H36O5/c1-2-3-4-5-6-7-8-9-10-11-12-13-23-17-15-24-19(18(17)22)16(21)14-20/h8-9,16-22H,2-7,10-15H2,1H3/b9-8+/t16-,17+,18+,19+/m0/s1. The number of rotatable bonds is 14. The van der Waals surface area contributed by atoms with E-state index in [4.69, 9.17) is 14.6 Å². The number of allylic oxidation sites excluding steroid dienone is 2. The van der Waals surface area contributed by atoms with Crippen LogP contribution < -0.4 is 0 Å². The summed E-state index contributed by atoms with van der Waals surface area (Å²) in [7, 11) is 0. The van der Waals surface area contributed by atoms with Crippen LogP contribution in [0.3, 0.4) is 0 Å². The van der Waals surface area contributed by atoms with E-state index in [1.807, 2.05) is 0 Å². The second-order valence-electron chi connectivity index (χ2n) is 6.62. The molecular weight excluding hydrogens is 308 g/mol. The van der Waals surface area contributed by atoms with Crippen molar-refractivity contribution in [2.45, 2.75) is 89.1 Å². The highest BCUT2D eigenvalue weighted by atomic mass is 16.6.